The van der Waals surface area contributed by atoms with Gasteiger partial charge in [-0.25, -0.2) is 28.6 Å². The summed E-state index contributed by atoms with van der Waals surface area (Å²) in [6.07, 6.45) is -0.561. The zero-order valence-corrected chi connectivity index (χ0v) is 18.8. The fraction of sp³-hybridized carbons (Fsp3) is 0.545. The fourth-order valence-corrected chi connectivity index (χ4v) is 6.01. The number of phosphoric acid groups is 3. The molecule has 16 nitrogen and oxygen atoms in total. The normalized spacial score (nSPS) is 27.6. The van der Waals surface area contributed by atoms with Gasteiger partial charge < -0.3 is 24.5 Å². The first kappa shape index (κ1) is 24.8. The SMILES string of the molecule is COP(=O)(O)OP(=O)(O)OP(=O)(O)OC[C@H]1O[C@@H](n2cnc3c(Cl)ncnc32)C[C@H]1O. The Labute approximate surface area is 178 Å². The van der Waals surface area contributed by atoms with Gasteiger partial charge in [0.05, 0.1) is 19.0 Å². The van der Waals surface area contributed by atoms with Gasteiger partial charge in [-0.3, -0.25) is 13.6 Å². The van der Waals surface area contributed by atoms with Crippen molar-refractivity contribution >= 4 is 46.2 Å². The molecule has 0 aromatic carbocycles. The number of aromatic nitrogens is 4. The van der Waals surface area contributed by atoms with Crippen molar-refractivity contribution < 1.29 is 55.9 Å². The summed E-state index contributed by atoms with van der Waals surface area (Å²) in [7, 11) is -15.1. The summed E-state index contributed by atoms with van der Waals surface area (Å²) in [6.45, 7) is -0.755. The van der Waals surface area contributed by atoms with Gasteiger partial charge in [0.15, 0.2) is 10.8 Å². The topological polar surface area (TPSA) is 222 Å². The zero-order valence-electron chi connectivity index (χ0n) is 15.4. The van der Waals surface area contributed by atoms with E-state index >= 15 is 0 Å². The number of phosphoric ester groups is 2. The first-order valence-electron chi connectivity index (χ1n) is 8.10. The number of rotatable bonds is 9. The van der Waals surface area contributed by atoms with Crippen LogP contribution in [0.1, 0.15) is 12.6 Å². The minimum atomic E-state index is -5.53. The lowest BCUT2D eigenvalue weighted by Gasteiger charge is -2.19. The second kappa shape index (κ2) is 9.20. The van der Waals surface area contributed by atoms with Crippen LogP contribution in [-0.4, -0.2) is 65.2 Å². The van der Waals surface area contributed by atoms with Crippen LogP contribution in [-0.2, 0) is 36.1 Å². The van der Waals surface area contributed by atoms with E-state index in [2.05, 4.69) is 32.6 Å². The highest BCUT2D eigenvalue weighted by Crippen LogP contribution is 2.67. The average molecular weight is 525 g/mol. The number of hydrogen-bond donors (Lipinski definition) is 4. The molecular weight excluding hydrogens is 509 g/mol. The van der Waals surface area contributed by atoms with Crippen LogP contribution in [0.25, 0.3) is 11.2 Å². The highest BCUT2D eigenvalue weighted by atomic mass is 35.5. The van der Waals surface area contributed by atoms with Crippen molar-refractivity contribution in [1.29, 1.82) is 0 Å². The van der Waals surface area contributed by atoms with Crippen molar-refractivity contribution in [3.63, 3.8) is 0 Å². The molecule has 6 atom stereocenters. The number of ether oxygens (including phenoxy) is 1. The standard InChI is InChI=1S/C11H16ClN4O12P3/c1-24-29(18,19)27-31(22,23)28-30(20,21)25-3-7-6(17)2-8(26-7)16-5-15-9-10(12)13-4-14-11(9)16/h4-8,17H,2-3H2,1H3,(H,18,19)(H,20,21)(H,22,23)/t6-,7-,8-/m1/s1. The van der Waals surface area contributed by atoms with E-state index in [0.29, 0.717) is 18.3 Å². The molecule has 3 rings (SSSR count). The van der Waals surface area contributed by atoms with Gasteiger partial charge in [-0.15, -0.1) is 0 Å². The molecule has 174 valence electrons. The van der Waals surface area contributed by atoms with Crippen LogP contribution >= 0.6 is 35.1 Å². The molecule has 1 fully saturated rings. The number of hydrogen-bond acceptors (Lipinski definition) is 12. The molecule has 1 aliphatic heterocycles. The van der Waals surface area contributed by atoms with Crippen molar-refractivity contribution in [1.82, 2.24) is 19.5 Å². The van der Waals surface area contributed by atoms with E-state index < -0.39 is 48.5 Å². The molecular formula is C11H16ClN4O12P3. The van der Waals surface area contributed by atoms with Gasteiger partial charge in [-0.05, 0) is 0 Å². The monoisotopic (exact) mass is 524 g/mol. The van der Waals surface area contributed by atoms with Crippen molar-refractivity contribution in [2.75, 3.05) is 13.7 Å². The molecule has 0 spiro atoms. The van der Waals surface area contributed by atoms with Crippen molar-refractivity contribution in [3.05, 3.63) is 17.8 Å². The Hall–Kier alpha value is -0.830. The van der Waals surface area contributed by atoms with Gasteiger partial charge in [0.2, 0.25) is 0 Å². The molecule has 2 aromatic heterocycles. The Morgan fingerprint density at radius 1 is 1.16 bits per heavy atom. The molecule has 31 heavy (non-hydrogen) atoms. The number of nitrogens with zero attached hydrogens (tertiary/aromatic N) is 4. The van der Waals surface area contributed by atoms with Gasteiger partial charge in [-0.1, -0.05) is 11.6 Å². The minimum absolute atomic E-state index is 0.0147. The third kappa shape index (κ3) is 6.15. The molecule has 3 heterocycles. The molecule has 4 N–H and O–H groups in total. The number of fused-ring (bicyclic) bond motifs is 1. The number of aliphatic hydroxyl groups is 1. The highest BCUT2D eigenvalue weighted by Gasteiger charge is 2.43. The Morgan fingerprint density at radius 2 is 1.84 bits per heavy atom. The average Bonchev–Trinajstić information content (AvgIpc) is 3.22. The summed E-state index contributed by atoms with van der Waals surface area (Å²) in [5.41, 5.74) is 0.617. The van der Waals surface area contributed by atoms with Crippen LogP contribution in [0.15, 0.2) is 12.7 Å². The van der Waals surface area contributed by atoms with E-state index in [1.165, 1.54) is 17.2 Å². The highest BCUT2D eigenvalue weighted by molar-refractivity contribution is 7.66. The molecule has 1 saturated heterocycles. The van der Waals surface area contributed by atoms with Crippen molar-refractivity contribution in [3.8, 4) is 0 Å². The summed E-state index contributed by atoms with van der Waals surface area (Å²) in [4.78, 5) is 39.8. The molecule has 0 saturated carbocycles. The Morgan fingerprint density at radius 3 is 2.52 bits per heavy atom. The largest absolute Gasteiger partial charge is 0.490 e. The summed E-state index contributed by atoms with van der Waals surface area (Å²) in [5.74, 6) is 0. The number of aliphatic hydroxyl groups excluding tert-OH is 1. The van der Waals surface area contributed by atoms with E-state index in [1.807, 2.05) is 0 Å². The van der Waals surface area contributed by atoms with E-state index in [-0.39, 0.29) is 11.6 Å². The molecule has 3 unspecified atom stereocenters. The summed E-state index contributed by atoms with van der Waals surface area (Å²) in [6, 6.07) is 0. The van der Waals surface area contributed by atoms with E-state index in [4.69, 9.17) is 21.2 Å². The third-order valence-electron chi connectivity index (χ3n) is 3.87. The van der Waals surface area contributed by atoms with Crippen LogP contribution in [0.3, 0.4) is 0 Å². The van der Waals surface area contributed by atoms with Crippen molar-refractivity contribution in [2.24, 2.45) is 0 Å². The second-order valence-electron chi connectivity index (χ2n) is 5.97. The smallest absolute Gasteiger partial charge is 0.390 e. The summed E-state index contributed by atoms with van der Waals surface area (Å²) >= 11 is 5.93. The van der Waals surface area contributed by atoms with E-state index in [0.717, 1.165) is 0 Å². The van der Waals surface area contributed by atoms with Crippen LogP contribution < -0.4 is 0 Å². The van der Waals surface area contributed by atoms with E-state index in [9.17, 15) is 28.6 Å². The zero-order chi connectivity index (χ0) is 23.0. The Bertz CT molecular complexity index is 1100. The first-order valence-corrected chi connectivity index (χ1v) is 13.0. The molecule has 0 radical (unpaired) electrons. The molecule has 20 heteroatoms. The van der Waals surface area contributed by atoms with Crippen LogP contribution in [0, 0.1) is 0 Å². The number of halogens is 1. The summed E-state index contributed by atoms with van der Waals surface area (Å²) < 4.78 is 57.8. The predicted molar refractivity (Wildman–Crippen MR) is 99.5 cm³/mol. The Balaban J connectivity index is 1.63. The van der Waals surface area contributed by atoms with Crippen LogP contribution in [0.2, 0.25) is 5.15 Å². The van der Waals surface area contributed by atoms with Gasteiger partial charge in [0, 0.05) is 13.5 Å². The lowest BCUT2D eigenvalue weighted by Crippen LogP contribution is -2.26. The Kier molecular flexibility index (Phi) is 7.36. The lowest BCUT2D eigenvalue weighted by atomic mass is 10.2. The molecule has 0 bridgehead atoms. The van der Waals surface area contributed by atoms with Gasteiger partial charge >= 0.3 is 23.5 Å². The molecule has 1 aliphatic rings. The van der Waals surface area contributed by atoms with Gasteiger partial charge in [-0.2, -0.15) is 8.62 Å². The van der Waals surface area contributed by atoms with Crippen LogP contribution in [0.4, 0.5) is 0 Å². The maximum absolute atomic E-state index is 11.9. The first-order chi connectivity index (χ1) is 14.3. The van der Waals surface area contributed by atoms with Gasteiger partial charge in [0.25, 0.3) is 0 Å². The molecule has 2 aromatic rings. The van der Waals surface area contributed by atoms with Gasteiger partial charge in [0.1, 0.15) is 24.2 Å². The maximum Gasteiger partial charge on any atom is 0.490 e. The quantitative estimate of drug-likeness (QED) is 0.266. The number of imidazole rings is 1. The predicted octanol–water partition coefficient (Wildman–Crippen LogP) is 1.13. The lowest BCUT2D eigenvalue weighted by molar-refractivity contribution is -0.0423. The maximum atomic E-state index is 11.9. The second-order valence-corrected chi connectivity index (χ2v) is 11.1. The fourth-order valence-electron chi connectivity index (χ4n) is 2.57. The third-order valence-corrected chi connectivity index (χ3v) is 8.39. The summed E-state index contributed by atoms with van der Waals surface area (Å²) in [5, 5.41) is 10.3. The minimum Gasteiger partial charge on any atom is -0.390 e. The van der Waals surface area contributed by atoms with Crippen LogP contribution in [0.5, 0.6) is 0 Å². The molecule has 0 aliphatic carbocycles. The van der Waals surface area contributed by atoms with Crippen molar-refractivity contribution in [2.45, 2.75) is 24.9 Å². The molecule has 0 amide bonds. The van der Waals surface area contributed by atoms with E-state index in [1.54, 1.807) is 0 Å².